The third kappa shape index (κ3) is 7.35. The van der Waals surface area contributed by atoms with E-state index >= 15 is 0 Å². The van der Waals surface area contributed by atoms with E-state index in [4.69, 9.17) is 21.1 Å². The quantitative estimate of drug-likeness (QED) is 0.170. The first-order chi connectivity index (χ1) is 15.9. The lowest BCUT2D eigenvalue weighted by atomic mass is 10.1. The highest BCUT2D eigenvalue weighted by atomic mass is 127. The number of hydrogen-bond acceptors (Lipinski definition) is 4. The van der Waals surface area contributed by atoms with E-state index in [9.17, 15) is 10.1 Å². The highest BCUT2D eigenvalue weighted by Crippen LogP contribution is 2.30. The maximum Gasteiger partial charge on any atom is 0.262 e. The molecule has 0 radical (unpaired) electrons. The van der Waals surface area contributed by atoms with E-state index in [1.165, 1.54) is 0 Å². The molecule has 0 aliphatic heterocycles. The minimum absolute atomic E-state index is 0.0324. The zero-order chi connectivity index (χ0) is 23.8. The smallest absolute Gasteiger partial charge is 0.262 e. The summed E-state index contributed by atoms with van der Waals surface area (Å²) >= 11 is 10.3. The van der Waals surface area contributed by atoms with Crippen molar-refractivity contribution in [2.45, 2.75) is 13.2 Å². The van der Waals surface area contributed by atoms with Crippen molar-refractivity contribution in [1.29, 1.82) is 5.26 Å². The van der Waals surface area contributed by atoms with Gasteiger partial charge in [-0.15, -0.1) is 0 Å². The van der Waals surface area contributed by atoms with Gasteiger partial charge in [0.25, 0.3) is 5.91 Å². The zero-order valence-corrected chi connectivity index (χ0v) is 22.6. The summed E-state index contributed by atoms with van der Waals surface area (Å²) < 4.78 is 12.9. The number of carbonyl (C=O) groups is 1. The summed E-state index contributed by atoms with van der Waals surface area (Å²) in [6.07, 6.45) is 1.58. The number of hydrogen-bond donors (Lipinski definition) is 1. The number of nitrogens with zero attached hydrogens (tertiary/aromatic N) is 1. The van der Waals surface area contributed by atoms with Gasteiger partial charge in [-0.2, -0.15) is 5.26 Å². The van der Waals surface area contributed by atoms with Crippen LogP contribution in [0.25, 0.3) is 6.08 Å². The summed E-state index contributed by atoms with van der Waals surface area (Å²) in [4.78, 5) is 12.5. The van der Waals surface area contributed by atoms with E-state index in [2.05, 4.69) is 50.5 Å². The molecule has 0 spiro atoms. The summed E-state index contributed by atoms with van der Waals surface area (Å²) in [6, 6.07) is 20.6. The number of benzene rings is 3. The van der Waals surface area contributed by atoms with Crippen molar-refractivity contribution < 1.29 is 14.3 Å². The van der Waals surface area contributed by atoms with Crippen LogP contribution >= 0.6 is 56.8 Å². The molecule has 33 heavy (non-hydrogen) atoms. The van der Waals surface area contributed by atoms with Gasteiger partial charge in [-0.3, -0.25) is 4.79 Å². The first kappa shape index (κ1) is 25.3. The second kappa shape index (κ2) is 12.3. The Hall–Kier alpha value is -2.29. The van der Waals surface area contributed by atoms with E-state index < -0.39 is 5.91 Å². The average molecular weight is 685 g/mol. The molecule has 1 amide bonds. The van der Waals surface area contributed by atoms with Gasteiger partial charge in [0.15, 0.2) is 0 Å². The molecule has 0 atom stereocenters. The number of halogens is 3. The van der Waals surface area contributed by atoms with Crippen LogP contribution in [0, 0.1) is 18.5 Å². The maximum atomic E-state index is 12.5. The normalized spacial score (nSPS) is 10.9. The SMILES string of the molecule is COc1ccc(CNC(=O)/C(C#N)=C\c2cc(I)c(OCc3ccc(Cl)cc3)c(I)c2)cc1. The van der Waals surface area contributed by atoms with Crippen LogP contribution in [0.4, 0.5) is 0 Å². The summed E-state index contributed by atoms with van der Waals surface area (Å²) in [5.74, 6) is 1.07. The van der Waals surface area contributed by atoms with Gasteiger partial charge in [0.2, 0.25) is 0 Å². The second-order valence-corrected chi connectivity index (χ2v) is 9.69. The largest absolute Gasteiger partial charge is 0.497 e. The van der Waals surface area contributed by atoms with Crippen LogP contribution < -0.4 is 14.8 Å². The number of methoxy groups -OCH3 is 1. The Balaban J connectivity index is 1.68. The predicted molar refractivity (Wildman–Crippen MR) is 146 cm³/mol. The summed E-state index contributed by atoms with van der Waals surface area (Å²) in [6.45, 7) is 0.726. The number of ether oxygens (including phenoxy) is 2. The lowest BCUT2D eigenvalue weighted by Gasteiger charge is -2.12. The summed E-state index contributed by atoms with van der Waals surface area (Å²) in [5, 5.41) is 13.0. The fourth-order valence-electron chi connectivity index (χ4n) is 2.87. The highest BCUT2D eigenvalue weighted by Gasteiger charge is 2.12. The molecular formula is C25H19ClI2N2O3. The maximum absolute atomic E-state index is 12.5. The molecule has 168 valence electrons. The molecule has 0 heterocycles. The molecule has 3 aromatic carbocycles. The lowest BCUT2D eigenvalue weighted by molar-refractivity contribution is -0.117. The molecule has 5 nitrogen and oxygen atoms in total. The van der Waals surface area contributed by atoms with E-state index in [1.54, 1.807) is 13.2 Å². The van der Waals surface area contributed by atoms with Gasteiger partial charge in [0.1, 0.15) is 29.7 Å². The molecule has 0 aliphatic rings. The zero-order valence-electron chi connectivity index (χ0n) is 17.6. The minimum atomic E-state index is -0.429. The van der Waals surface area contributed by atoms with Crippen LogP contribution in [0.5, 0.6) is 11.5 Å². The van der Waals surface area contributed by atoms with E-state index in [0.29, 0.717) is 18.2 Å². The van der Waals surface area contributed by atoms with E-state index in [1.807, 2.05) is 66.7 Å². The second-order valence-electron chi connectivity index (χ2n) is 6.93. The van der Waals surface area contributed by atoms with Crippen LogP contribution in [0.15, 0.2) is 66.2 Å². The minimum Gasteiger partial charge on any atom is -0.497 e. The molecule has 0 saturated heterocycles. The Morgan fingerprint density at radius 3 is 2.24 bits per heavy atom. The standard InChI is InChI=1S/C25H19ClI2N2O3/c1-32-21-8-4-16(5-9-21)14-30-25(31)19(13-29)10-18-11-22(27)24(23(28)12-18)33-15-17-2-6-20(26)7-3-17/h2-12H,14-15H2,1H3,(H,30,31)/b19-10-. The van der Waals surface area contributed by atoms with Crippen molar-refractivity contribution >= 4 is 68.8 Å². The van der Waals surface area contributed by atoms with Crippen molar-refractivity contribution in [3.63, 3.8) is 0 Å². The van der Waals surface area contributed by atoms with Crippen LogP contribution in [0.3, 0.4) is 0 Å². The van der Waals surface area contributed by atoms with Gasteiger partial charge in [0, 0.05) is 11.6 Å². The Labute approximate surface area is 225 Å². The van der Waals surface area contributed by atoms with E-state index in [0.717, 1.165) is 35.3 Å². The van der Waals surface area contributed by atoms with Crippen molar-refractivity contribution in [1.82, 2.24) is 5.32 Å². The van der Waals surface area contributed by atoms with Crippen LogP contribution in [0.2, 0.25) is 5.02 Å². The number of carbonyl (C=O) groups excluding carboxylic acids is 1. The van der Waals surface area contributed by atoms with Crippen molar-refractivity contribution in [3.05, 3.63) is 95.1 Å². The van der Waals surface area contributed by atoms with Crippen molar-refractivity contribution in [2.75, 3.05) is 7.11 Å². The fourth-order valence-corrected chi connectivity index (χ4v) is 5.13. The Bertz CT molecular complexity index is 1180. The number of amides is 1. The Morgan fingerprint density at radius 2 is 1.67 bits per heavy atom. The monoisotopic (exact) mass is 684 g/mol. The molecule has 0 unspecified atom stereocenters. The Kier molecular flexibility index (Phi) is 9.41. The summed E-state index contributed by atoms with van der Waals surface area (Å²) in [5.41, 5.74) is 2.70. The van der Waals surface area contributed by atoms with Gasteiger partial charge in [-0.05, 0) is 104 Å². The van der Waals surface area contributed by atoms with Crippen LogP contribution in [-0.4, -0.2) is 13.0 Å². The van der Waals surface area contributed by atoms with Gasteiger partial charge in [-0.1, -0.05) is 35.9 Å². The molecule has 0 fully saturated rings. The third-order valence-electron chi connectivity index (χ3n) is 4.61. The molecule has 0 saturated carbocycles. The first-order valence-electron chi connectivity index (χ1n) is 9.79. The van der Waals surface area contributed by atoms with Crippen molar-refractivity contribution in [3.8, 4) is 17.6 Å². The van der Waals surface area contributed by atoms with Gasteiger partial charge >= 0.3 is 0 Å². The number of nitrogens with one attached hydrogen (secondary N) is 1. The van der Waals surface area contributed by atoms with Crippen LogP contribution in [0.1, 0.15) is 16.7 Å². The van der Waals surface area contributed by atoms with Gasteiger partial charge in [-0.25, -0.2) is 0 Å². The average Bonchev–Trinajstić information content (AvgIpc) is 2.82. The third-order valence-corrected chi connectivity index (χ3v) is 6.46. The van der Waals surface area contributed by atoms with E-state index in [-0.39, 0.29) is 5.57 Å². The molecule has 0 aliphatic carbocycles. The molecule has 3 rings (SSSR count). The Morgan fingerprint density at radius 1 is 1.06 bits per heavy atom. The number of nitriles is 1. The molecule has 1 N–H and O–H groups in total. The first-order valence-corrected chi connectivity index (χ1v) is 12.3. The number of rotatable bonds is 8. The molecule has 8 heteroatoms. The summed E-state index contributed by atoms with van der Waals surface area (Å²) in [7, 11) is 1.60. The molecule has 3 aromatic rings. The van der Waals surface area contributed by atoms with Crippen molar-refractivity contribution in [2.24, 2.45) is 0 Å². The lowest BCUT2D eigenvalue weighted by Crippen LogP contribution is -2.23. The fraction of sp³-hybridized carbons (Fsp3) is 0.120. The van der Waals surface area contributed by atoms with Gasteiger partial charge in [0.05, 0.1) is 14.3 Å². The molecule has 0 aromatic heterocycles. The molecular weight excluding hydrogens is 666 g/mol. The van der Waals surface area contributed by atoms with Crippen LogP contribution in [-0.2, 0) is 17.9 Å². The van der Waals surface area contributed by atoms with Gasteiger partial charge < -0.3 is 14.8 Å². The highest BCUT2D eigenvalue weighted by molar-refractivity contribution is 14.1. The predicted octanol–water partition coefficient (Wildman–Crippen LogP) is 6.36. The topological polar surface area (TPSA) is 71.3 Å². The molecule has 0 bridgehead atoms.